The lowest BCUT2D eigenvalue weighted by molar-refractivity contribution is 0.0924. The van der Waals surface area contributed by atoms with Crippen molar-refractivity contribution in [2.45, 2.75) is 39.3 Å². The van der Waals surface area contributed by atoms with Gasteiger partial charge in [0.15, 0.2) is 5.82 Å². The maximum atomic E-state index is 13.0. The monoisotopic (exact) mass is 404 g/mol. The Balaban J connectivity index is 1.62. The Morgan fingerprint density at radius 3 is 2.80 bits per heavy atom. The fourth-order valence-electron chi connectivity index (χ4n) is 3.63. The van der Waals surface area contributed by atoms with Crippen LogP contribution in [0.5, 0.6) is 5.75 Å². The lowest BCUT2D eigenvalue weighted by Crippen LogP contribution is -2.33. The first-order valence-corrected chi connectivity index (χ1v) is 10.0. The number of ether oxygens (including phenoxy) is 1. The minimum atomic E-state index is -0.425. The van der Waals surface area contributed by atoms with E-state index < -0.39 is 6.04 Å². The Bertz CT molecular complexity index is 1120. The maximum Gasteiger partial charge on any atom is 0.251 e. The highest BCUT2D eigenvalue weighted by Gasteiger charge is 2.24. The lowest BCUT2D eigenvalue weighted by Gasteiger charge is -2.22. The average Bonchev–Trinajstić information content (AvgIpc) is 3.11. The second-order valence-corrected chi connectivity index (χ2v) is 7.88. The van der Waals surface area contributed by atoms with Gasteiger partial charge >= 0.3 is 0 Å². The van der Waals surface area contributed by atoms with Crippen LogP contribution in [0.1, 0.15) is 48.4 Å². The molecule has 0 fully saturated rings. The predicted octanol–water partition coefficient (Wildman–Crippen LogP) is 3.28. The van der Waals surface area contributed by atoms with Crippen molar-refractivity contribution in [3.05, 3.63) is 75.8 Å². The van der Waals surface area contributed by atoms with Crippen LogP contribution in [-0.2, 0) is 6.42 Å². The number of nitrogens with one attached hydrogen (secondary N) is 2. The van der Waals surface area contributed by atoms with E-state index in [2.05, 4.69) is 20.3 Å². The molecule has 0 radical (unpaired) electrons. The molecule has 7 heteroatoms. The maximum absolute atomic E-state index is 13.0. The van der Waals surface area contributed by atoms with E-state index in [4.69, 9.17) is 4.74 Å². The van der Waals surface area contributed by atoms with Crippen molar-refractivity contribution in [2.75, 3.05) is 0 Å². The first-order valence-electron chi connectivity index (χ1n) is 10.0. The molecule has 3 heterocycles. The second kappa shape index (κ2) is 8.10. The molecule has 2 N–H and O–H groups in total. The summed E-state index contributed by atoms with van der Waals surface area (Å²) in [5.74, 6) is 1.02. The summed E-state index contributed by atoms with van der Waals surface area (Å²) in [5.41, 5.74) is 2.37. The molecular weight excluding hydrogens is 380 g/mol. The van der Waals surface area contributed by atoms with E-state index in [1.807, 2.05) is 39.0 Å². The number of H-pyrrole nitrogens is 1. The highest BCUT2D eigenvalue weighted by molar-refractivity contribution is 5.95. The molecular formula is C23H24N4O3. The number of hydrogen-bond donors (Lipinski definition) is 2. The number of fused-ring (bicyclic) bond motifs is 1. The minimum Gasteiger partial charge on any atom is -0.490 e. The van der Waals surface area contributed by atoms with Gasteiger partial charge in [-0.15, -0.1) is 0 Å². The zero-order valence-electron chi connectivity index (χ0n) is 17.2. The summed E-state index contributed by atoms with van der Waals surface area (Å²) in [6.07, 6.45) is 2.54. The van der Waals surface area contributed by atoms with Crippen molar-refractivity contribution in [3.8, 4) is 17.3 Å². The normalized spacial score (nSPS) is 16.1. The largest absolute Gasteiger partial charge is 0.490 e. The fourth-order valence-corrected chi connectivity index (χ4v) is 3.63. The number of hydrogen-bond acceptors (Lipinski definition) is 5. The number of aromatic nitrogens is 3. The van der Waals surface area contributed by atoms with Crippen LogP contribution >= 0.6 is 0 Å². The van der Waals surface area contributed by atoms with E-state index in [0.717, 1.165) is 17.7 Å². The lowest BCUT2D eigenvalue weighted by atomic mass is 9.99. The molecule has 30 heavy (non-hydrogen) atoms. The molecule has 1 amide bonds. The van der Waals surface area contributed by atoms with E-state index in [-0.39, 0.29) is 23.5 Å². The first-order chi connectivity index (χ1) is 14.4. The van der Waals surface area contributed by atoms with Crippen LogP contribution in [-0.4, -0.2) is 27.0 Å². The van der Waals surface area contributed by atoms with Gasteiger partial charge in [-0.1, -0.05) is 19.9 Å². The number of benzene rings is 1. The molecule has 0 aliphatic carbocycles. The van der Waals surface area contributed by atoms with E-state index >= 15 is 0 Å². The Kier molecular flexibility index (Phi) is 5.35. The number of rotatable bonds is 5. The predicted molar refractivity (Wildman–Crippen MR) is 113 cm³/mol. The molecule has 154 valence electrons. The highest BCUT2D eigenvalue weighted by Crippen LogP contribution is 2.30. The zero-order chi connectivity index (χ0) is 21.3. The number of carbonyl (C=O) groups excluding carboxylic acids is 1. The molecule has 1 aliphatic rings. The van der Waals surface area contributed by atoms with Crippen LogP contribution in [0.3, 0.4) is 0 Å². The van der Waals surface area contributed by atoms with Gasteiger partial charge in [-0.25, -0.2) is 4.98 Å². The van der Waals surface area contributed by atoms with Crippen molar-refractivity contribution < 1.29 is 9.53 Å². The molecule has 0 spiro atoms. The topological polar surface area (TPSA) is 97.0 Å². The third-order valence-corrected chi connectivity index (χ3v) is 5.10. The van der Waals surface area contributed by atoms with Crippen LogP contribution in [0.25, 0.3) is 11.5 Å². The molecule has 0 bridgehead atoms. The van der Waals surface area contributed by atoms with Crippen molar-refractivity contribution in [2.24, 2.45) is 5.92 Å². The Morgan fingerprint density at radius 2 is 2.07 bits per heavy atom. The number of nitrogens with zero attached hydrogens (tertiary/aromatic N) is 2. The van der Waals surface area contributed by atoms with Crippen molar-refractivity contribution in [1.29, 1.82) is 0 Å². The molecule has 2 atom stereocenters. The van der Waals surface area contributed by atoms with Gasteiger partial charge in [0.2, 0.25) is 0 Å². The van der Waals surface area contributed by atoms with Gasteiger partial charge in [-0.3, -0.25) is 14.6 Å². The van der Waals surface area contributed by atoms with Crippen LogP contribution in [0, 0.1) is 5.92 Å². The number of aromatic amines is 1. The van der Waals surface area contributed by atoms with Crippen molar-refractivity contribution in [1.82, 2.24) is 20.3 Å². The smallest absolute Gasteiger partial charge is 0.251 e. The number of pyridine rings is 1. The van der Waals surface area contributed by atoms with Gasteiger partial charge in [0, 0.05) is 24.2 Å². The van der Waals surface area contributed by atoms with Gasteiger partial charge in [0.25, 0.3) is 11.5 Å². The van der Waals surface area contributed by atoms with Gasteiger partial charge < -0.3 is 15.0 Å². The summed E-state index contributed by atoms with van der Waals surface area (Å²) in [7, 11) is 0. The average molecular weight is 404 g/mol. The van der Waals surface area contributed by atoms with E-state index in [1.165, 1.54) is 6.07 Å². The van der Waals surface area contributed by atoms with Crippen molar-refractivity contribution in [3.63, 3.8) is 0 Å². The van der Waals surface area contributed by atoms with Gasteiger partial charge in [0.05, 0.1) is 11.7 Å². The fraction of sp³-hybridized carbons (Fsp3) is 0.304. The third kappa shape index (κ3) is 4.10. The highest BCUT2D eigenvalue weighted by atomic mass is 16.5. The van der Waals surface area contributed by atoms with Crippen molar-refractivity contribution >= 4 is 5.91 Å². The molecule has 7 nitrogen and oxygen atoms in total. The molecule has 4 rings (SSSR count). The van der Waals surface area contributed by atoms with E-state index in [1.54, 1.807) is 24.4 Å². The molecule has 0 unspecified atom stereocenters. The standard InChI is InChI=1S/C23H24N4O3/c1-13(2)21(18-12-20(28)26-22(25-18)17-6-4-5-9-24-17)27-23(29)15-7-8-19-16(11-15)10-14(3)30-19/h4-9,11-14,21H,10H2,1-3H3,(H,27,29)(H,25,26,28)/t14-,21+/m0/s1. The van der Waals surface area contributed by atoms with Crippen LogP contribution < -0.4 is 15.6 Å². The van der Waals surface area contributed by atoms with Gasteiger partial charge in [0.1, 0.15) is 17.5 Å². The summed E-state index contributed by atoms with van der Waals surface area (Å²) in [6, 6.07) is 11.9. The van der Waals surface area contributed by atoms with Crippen LogP contribution in [0.4, 0.5) is 0 Å². The Labute approximate surface area is 174 Å². The summed E-state index contributed by atoms with van der Waals surface area (Å²) in [5, 5.41) is 3.04. The summed E-state index contributed by atoms with van der Waals surface area (Å²) < 4.78 is 5.71. The number of carbonyl (C=O) groups is 1. The molecule has 2 aromatic heterocycles. The summed E-state index contributed by atoms with van der Waals surface area (Å²) >= 11 is 0. The van der Waals surface area contributed by atoms with E-state index in [9.17, 15) is 9.59 Å². The third-order valence-electron chi connectivity index (χ3n) is 5.10. The van der Waals surface area contributed by atoms with Gasteiger partial charge in [-0.05, 0) is 48.7 Å². The van der Waals surface area contributed by atoms with Crippen LogP contribution in [0.2, 0.25) is 0 Å². The van der Waals surface area contributed by atoms with Gasteiger partial charge in [-0.2, -0.15) is 0 Å². The quantitative estimate of drug-likeness (QED) is 0.680. The molecule has 0 saturated carbocycles. The molecule has 0 saturated heterocycles. The summed E-state index contributed by atoms with van der Waals surface area (Å²) in [6.45, 7) is 5.96. The second-order valence-electron chi connectivity index (χ2n) is 7.88. The number of amides is 1. The van der Waals surface area contributed by atoms with Crippen LogP contribution in [0.15, 0.2) is 53.5 Å². The molecule has 1 aromatic carbocycles. The molecule has 1 aliphatic heterocycles. The minimum absolute atomic E-state index is 0.0256. The first kappa shape index (κ1) is 19.8. The zero-order valence-corrected chi connectivity index (χ0v) is 17.2. The SMILES string of the molecule is CC(C)[C@@H](NC(=O)c1ccc2c(c1)C[C@H](C)O2)c1cc(=O)[nH]c(-c2ccccn2)n1. The molecule has 3 aromatic rings. The Hall–Kier alpha value is -3.48. The van der Waals surface area contributed by atoms with E-state index in [0.29, 0.717) is 22.8 Å². The Morgan fingerprint density at radius 1 is 1.23 bits per heavy atom. The summed E-state index contributed by atoms with van der Waals surface area (Å²) in [4.78, 5) is 36.8.